The van der Waals surface area contributed by atoms with Gasteiger partial charge in [-0.2, -0.15) is 0 Å². The first-order chi connectivity index (χ1) is 16.2. The topological polar surface area (TPSA) is 186 Å². The SMILES string of the molecule is O=C(O)c1ccc(C(=O)O)c(OCCOCCOCCOc2cc(C(=O)O)ccc2C(=O)O)c1. The molecule has 0 fully saturated rings. The van der Waals surface area contributed by atoms with E-state index >= 15 is 0 Å². The maximum atomic E-state index is 11.2. The summed E-state index contributed by atoms with van der Waals surface area (Å²) in [6, 6.07) is 6.88. The standard InChI is InChI=1S/C22H22O12/c23-19(24)13-1-3-15(21(27)28)17(11-13)33-9-7-31-5-6-32-8-10-34-18-12-14(20(25)26)2-4-16(18)22(29)30/h1-4,11-12H,5-10H2,(H,23,24)(H,25,26)(H,27,28)(H,29,30). The molecule has 0 unspecified atom stereocenters. The third-order valence-electron chi connectivity index (χ3n) is 4.26. The van der Waals surface area contributed by atoms with Gasteiger partial charge in [-0.15, -0.1) is 0 Å². The summed E-state index contributed by atoms with van der Waals surface area (Å²) >= 11 is 0. The van der Waals surface area contributed by atoms with Gasteiger partial charge in [0.25, 0.3) is 0 Å². The Morgan fingerprint density at radius 3 is 1.21 bits per heavy atom. The van der Waals surface area contributed by atoms with Gasteiger partial charge in [-0.3, -0.25) is 0 Å². The number of carboxylic acid groups (broad SMARTS) is 4. The van der Waals surface area contributed by atoms with E-state index in [1.165, 1.54) is 12.1 Å². The molecule has 0 spiro atoms. The predicted molar refractivity (Wildman–Crippen MR) is 113 cm³/mol. The fourth-order valence-corrected chi connectivity index (χ4v) is 2.65. The molecule has 0 radical (unpaired) electrons. The van der Waals surface area contributed by atoms with Crippen molar-refractivity contribution in [3.8, 4) is 11.5 Å². The van der Waals surface area contributed by atoms with Crippen LogP contribution in [0.15, 0.2) is 36.4 Å². The summed E-state index contributed by atoms with van der Waals surface area (Å²) in [7, 11) is 0. The molecule has 0 amide bonds. The number of hydrogen-bond donors (Lipinski definition) is 4. The van der Waals surface area contributed by atoms with E-state index < -0.39 is 23.9 Å². The summed E-state index contributed by atoms with van der Waals surface area (Å²) in [6.45, 7) is 0.452. The third-order valence-corrected chi connectivity index (χ3v) is 4.26. The van der Waals surface area contributed by atoms with Gasteiger partial charge in [0.1, 0.15) is 35.8 Å². The average Bonchev–Trinajstić information content (AvgIpc) is 2.79. The van der Waals surface area contributed by atoms with Crippen molar-refractivity contribution >= 4 is 23.9 Å². The maximum Gasteiger partial charge on any atom is 0.339 e. The normalized spacial score (nSPS) is 10.5. The summed E-state index contributed by atoms with van der Waals surface area (Å²) < 4.78 is 21.2. The first-order valence-electron chi connectivity index (χ1n) is 9.83. The minimum Gasteiger partial charge on any atom is -0.490 e. The third kappa shape index (κ3) is 7.76. The Hall–Kier alpha value is -4.16. The minimum absolute atomic E-state index is 0.0235. The number of hydrogen-bond acceptors (Lipinski definition) is 8. The molecule has 0 saturated heterocycles. The molecule has 12 nitrogen and oxygen atoms in total. The van der Waals surface area contributed by atoms with E-state index in [1.54, 1.807) is 0 Å². The van der Waals surface area contributed by atoms with E-state index in [-0.39, 0.29) is 73.4 Å². The van der Waals surface area contributed by atoms with Crippen LogP contribution in [0.1, 0.15) is 41.4 Å². The maximum absolute atomic E-state index is 11.2. The van der Waals surface area contributed by atoms with Crippen LogP contribution < -0.4 is 9.47 Å². The van der Waals surface area contributed by atoms with Crippen LogP contribution in [0.4, 0.5) is 0 Å². The van der Waals surface area contributed by atoms with Crippen LogP contribution in [0.2, 0.25) is 0 Å². The van der Waals surface area contributed by atoms with Crippen molar-refractivity contribution < 1.29 is 58.6 Å². The Labute approximate surface area is 192 Å². The van der Waals surface area contributed by atoms with Gasteiger partial charge >= 0.3 is 23.9 Å². The smallest absolute Gasteiger partial charge is 0.339 e. The van der Waals surface area contributed by atoms with Gasteiger partial charge in [0, 0.05) is 0 Å². The number of benzene rings is 2. The number of carboxylic acids is 4. The van der Waals surface area contributed by atoms with Crippen LogP contribution in [0, 0.1) is 0 Å². The first-order valence-corrected chi connectivity index (χ1v) is 9.83. The van der Waals surface area contributed by atoms with Crippen LogP contribution in [-0.2, 0) is 9.47 Å². The highest BCUT2D eigenvalue weighted by molar-refractivity contribution is 5.95. The average molecular weight is 478 g/mol. The van der Waals surface area contributed by atoms with Crippen molar-refractivity contribution in [2.45, 2.75) is 0 Å². The molecule has 0 atom stereocenters. The quantitative estimate of drug-likeness (QED) is 0.273. The molecular weight excluding hydrogens is 456 g/mol. The van der Waals surface area contributed by atoms with Gasteiger partial charge in [0.05, 0.1) is 37.6 Å². The van der Waals surface area contributed by atoms with Crippen molar-refractivity contribution in [3.63, 3.8) is 0 Å². The minimum atomic E-state index is -1.26. The summed E-state index contributed by atoms with van der Waals surface area (Å²) in [5, 5.41) is 36.3. The Morgan fingerprint density at radius 1 is 0.529 bits per heavy atom. The molecule has 182 valence electrons. The summed E-state index contributed by atoms with van der Waals surface area (Å²) in [4.78, 5) is 44.5. The van der Waals surface area contributed by atoms with Gasteiger partial charge in [-0.05, 0) is 36.4 Å². The molecule has 0 bridgehead atoms. The molecule has 0 heterocycles. The first kappa shape index (κ1) is 26.1. The summed E-state index contributed by atoms with van der Waals surface area (Å²) in [6.07, 6.45) is 0. The molecular formula is C22H22O12. The second kappa shape index (κ2) is 12.8. The van der Waals surface area contributed by atoms with Crippen LogP contribution in [0.25, 0.3) is 0 Å². The van der Waals surface area contributed by atoms with E-state index in [0.29, 0.717) is 0 Å². The largest absolute Gasteiger partial charge is 0.490 e. The Bertz CT molecular complexity index is 963. The second-order valence-corrected chi connectivity index (χ2v) is 6.56. The van der Waals surface area contributed by atoms with E-state index in [9.17, 15) is 19.2 Å². The molecule has 2 aromatic carbocycles. The van der Waals surface area contributed by atoms with Crippen molar-refractivity contribution in [1.29, 1.82) is 0 Å². The molecule has 0 aliphatic heterocycles. The Morgan fingerprint density at radius 2 is 0.882 bits per heavy atom. The number of ether oxygens (including phenoxy) is 4. The zero-order valence-electron chi connectivity index (χ0n) is 17.8. The molecule has 2 aromatic rings. The highest BCUT2D eigenvalue weighted by Gasteiger charge is 2.16. The predicted octanol–water partition coefficient (Wildman–Crippen LogP) is 1.97. The van der Waals surface area contributed by atoms with Crippen LogP contribution in [0.5, 0.6) is 11.5 Å². The number of aromatic carboxylic acids is 4. The molecule has 4 N–H and O–H groups in total. The lowest BCUT2D eigenvalue weighted by atomic mass is 10.1. The number of rotatable bonds is 15. The zero-order valence-corrected chi connectivity index (χ0v) is 17.8. The molecule has 0 aromatic heterocycles. The summed E-state index contributed by atoms with van der Waals surface area (Å²) in [5.41, 5.74) is -0.565. The van der Waals surface area contributed by atoms with Crippen LogP contribution in [-0.4, -0.2) is 83.9 Å². The lowest BCUT2D eigenvalue weighted by molar-refractivity contribution is 0.0269. The molecule has 34 heavy (non-hydrogen) atoms. The van der Waals surface area contributed by atoms with Crippen LogP contribution >= 0.6 is 0 Å². The summed E-state index contributed by atoms with van der Waals surface area (Å²) in [5.74, 6) is -5.11. The Balaban J connectivity index is 1.67. The van der Waals surface area contributed by atoms with E-state index in [1.807, 2.05) is 0 Å². The highest BCUT2D eigenvalue weighted by Crippen LogP contribution is 2.22. The Kier molecular flexibility index (Phi) is 9.80. The van der Waals surface area contributed by atoms with Crippen molar-refractivity contribution in [3.05, 3.63) is 58.7 Å². The van der Waals surface area contributed by atoms with Crippen molar-refractivity contribution in [1.82, 2.24) is 0 Å². The van der Waals surface area contributed by atoms with Crippen molar-refractivity contribution in [2.24, 2.45) is 0 Å². The monoisotopic (exact) mass is 478 g/mol. The van der Waals surface area contributed by atoms with Gasteiger partial charge in [0.15, 0.2) is 0 Å². The molecule has 0 aliphatic rings. The second-order valence-electron chi connectivity index (χ2n) is 6.56. The van der Waals surface area contributed by atoms with Gasteiger partial charge in [-0.1, -0.05) is 0 Å². The van der Waals surface area contributed by atoms with Crippen molar-refractivity contribution in [2.75, 3.05) is 39.6 Å². The molecule has 2 rings (SSSR count). The van der Waals surface area contributed by atoms with E-state index in [4.69, 9.17) is 39.4 Å². The van der Waals surface area contributed by atoms with Gasteiger partial charge < -0.3 is 39.4 Å². The molecule has 0 saturated carbocycles. The number of carbonyl (C=O) groups is 4. The van der Waals surface area contributed by atoms with E-state index in [2.05, 4.69) is 0 Å². The highest BCUT2D eigenvalue weighted by atomic mass is 16.6. The fourth-order valence-electron chi connectivity index (χ4n) is 2.65. The lowest BCUT2D eigenvalue weighted by Crippen LogP contribution is -2.15. The molecule has 0 aliphatic carbocycles. The molecule has 12 heteroatoms. The van der Waals surface area contributed by atoms with Crippen LogP contribution in [0.3, 0.4) is 0 Å². The van der Waals surface area contributed by atoms with Gasteiger partial charge in [-0.25, -0.2) is 19.2 Å². The lowest BCUT2D eigenvalue weighted by Gasteiger charge is -2.11. The van der Waals surface area contributed by atoms with Gasteiger partial charge in [0.2, 0.25) is 0 Å². The fraction of sp³-hybridized carbons (Fsp3) is 0.273. The zero-order chi connectivity index (χ0) is 25.1. The van der Waals surface area contributed by atoms with E-state index in [0.717, 1.165) is 24.3 Å².